The molecular weight excluding hydrogens is 458 g/mol. The van der Waals surface area contributed by atoms with Gasteiger partial charge in [0.1, 0.15) is 17.6 Å². The number of ether oxygens (including phenoxy) is 2. The maximum absolute atomic E-state index is 12.2. The molecule has 1 aliphatic rings. The van der Waals surface area contributed by atoms with Gasteiger partial charge in [0.2, 0.25) is 0 Å². The molecule has 2 aromatic heterocycles. The fourth-order valence-electron chi connectivity index (χ4n) is 3.62. The number of thiazole rings is 1. The molecule has 3 heterocycles. The van der Waals surface area contributed by atoms with Crippen LogP contribution < -0.4 is 14.8 Å². The zero-order valence-corrected chi connectivity index (χ0v) is 19.3. The Morgan fingerprint density at radius 2 is 2.00 bits per heavy atom. The smallest absolute Gasteiger partial charge is 0.278 e. The van der Waals surface area contributed by atoms with E-state index in [1.807, 2.05) is 36.4 Å². The second kappa shape index (κ2) is 10.5. The second-order valence-electron chi connectivity index (χ2n) is 7.44. The number of hydrogen-bond acceptors (Lipinski definition) is 6. The van der Waals surface area contributed by atoms with Gasteiger partial charge in [-0.05, 0) is 54.3 Å². The first-order valence-electron chi connectivity index (χ1n) is 10.4. The summed E-state index contributed by atoms with van der Waals surface area (Å²) < 4.78 is 12.2. The van der Waals surface area contributed by atoms with Gasteiger partial charge in [-0.25, -0.2) is 4.98 Å². The highest BCUT2D eigenvalue weighted by atomic mass is 35.5. The van der Waals surface area contributed by atoms with Gasteiger partial charge in [-0.2, -0.15) is 0 Å². The van der Waals surface area contributed by atoms with Gasteiger partial charge in [0.15, 0.2) is 0 Å². The second-order valence-corrected chi connectivity index (χ2v) is 8.52. The maximum Gasteiger partial charge on any atom is 0.278 e. The summed E-state index contributed by atoms with van der Waals surface area (Å²) in [5, 5.41) is 3.41. The minimum atomic E-state index is -0.169. The molecule has 1 atom stereocenters. The van der Waals surface area contributed by atoms with Crippen molar-refractivity contribution >= 4 is 29.7 Å². The standard InChI is InChI=1S/C25H21N3O3S.ClH/c29-24(19-7-4-12-26-14-19)27-15-21-16-28-25(32-21)30-20-9-11-23-18(13-20)8-10-22(31-23)17-5-2-1-3-6-17;/h1-7,9,11-14,16,22H,8,10,15H2,(H,27,29);1H. The molecule has 2 aromatic carbocycles. The molecule has 0 fully saturated rings. The van der Waals surface area contributed by atoms with Crippen LogP contribution in [-0.2, 0) is 13.0 Å². The summed E-state index contributed by atoms with van der Waals surface area (Å²) in [6.07, 6.45) is 6.83. The summed E-state index contributed by atoms with van der Waals surface area (Å²) >= 11 is 1.41. The molecule has 0 bridgehead atoms. The van der Waals surface area contributed by atoms with Crippen LogP contribution in [0.2, 0.25) is 0 Å². The molecule has 4 aromatic rings. The van der Waals surface area contributed by atoms with Gasteiger partial charge in [0.05, 0.1) is 12.1 Å². The summed E-state index contributed by atoms with van der Waals surface area (Å²) in [6.45, 7) is 0.383. The van der Waals surface area contributed by atoms with Gasteiger partial charge < -0.3 is 14.8 Å². The number of pyridine rings is 1. The number of hydrogen-bond donors (Lipinski definition) is 1. The summed E-state index contributed by atoms with van der Waals surface area (Å²) in [7, 11) is 0. The number of carbonyl (C=O) groups is 1. The van der Waals surface area contributed by atoms with Crippen molar-refractivity contribution < 1.29 is 14.3 Å². The molecule has 0 saturated heterocycles. The Balaban J connectivity index is 0.00000259. The molecule has 0 saturated carbocycles. The lowest BCUT2D eigenvalue weighted by atomic mass is 9.97. The van der Waals surface area contributed by atoms with E-state index < -0.39 is 0 Å². The normalized spacial score (nSPS) is 14.4. The Hall–Kier alpha value is -3.42. The van der Waals surface area contributed by atoms with Gasteiger partial charge in [0, 0.05) is 23.5 Å². The number of carbonyl (C=O) groups excluding carboxylic acids is 1. The molecule has 5 rings (SSSR count). The topological polar surface area (TPSA) is 73.3 Å². The van der Waals surface area contributed by atoms with Crippen LogP contribution in [0.1, 0.15) is 38.9 Å². The predicted molar refractivity (Wildman–Crippen MR) is 129 cm³/mol. The van der Waals surface area contributed by atoms with Crippen LogP contribution in [0.4, 0.5) is 0 Å². The number of aryl methyl sites for hydroxylation is 1. The molecule has 1 N–H and O–H groups in total. The number of nitrogens with zero attached hydrogens (tertiary/aromatic N) is 2. The molecule has 1 aliphatic heterocycles. The van der Waals surface area contributed by atoms with E-state index in [0.717, 1.165) is 34.8 Å². The van der Waals surface area contributed by atoms with Crippen molar-refractivity contribution in [1.82, 2.24) is 15.3 Å². The van der Waals surface area contributed by atoms with Crippen LogP contribution in [-0.4, -0.2) is 15.9 Å². The van der Waals surface area contributed by atoms with Crippen molar-refractivity contribution in [2.24, 2.45) is 0 Å². The van der Waals surface area contributed by atoms with Crippen molar-refractivity contribution in [3.63, 3.8) is 0 Å². The van der Waals surface area contributed by atoms with Crippen LogP contribution in [0.3, 0.4) is 0 Å². The fraction of sp³-hybridized carbons (Fsp3) is 0.160. The first-order valence-corrected chi connectivity index (χ1v) is 11.2. The third-order valence-corrected chi connectivity index (χ3v) is 6.11. The quantitative estimate of drug-likeness (QED) is 0.381. The van der Waals surface area contributed by atoms with Gasteiger partial charge >= 0.3 is 0 Å². The number of aromatic nitrogens is 2. The monoisotopic (exact) mass is 479 g/mol. The van der Waals surface area contributed by atoms with E-state index in [1.54, 1.807) is 30.7 Å². The minimum absolute atomic E-state index is 0. The molecule has 168 valence electrons. The minimum Gasteiger partial charge on any atom is -0.485 e. The Morgan fingerprint density at radius 1 is 1.12 bits per heavy atom. The van der Waals surface area contributed by atoms with Gasteiger partial charge in [-0.15, -0.1) is 12.4 Å². The molecule has 33 heavy (non-hydrogen) atoms. The zero-order chi connectivity index (χ0) is 21.8. The van der Waals surface area contributed by atoms with Gasteiger partial charge in [0.25, 0.3) is 11.1 Å². The van der Waals surface area contributed by atoms with Crippen LogP contribution in [0.15, 0.2) is 79.3 Å². The van der Waals surface area contributed by atoms with Gasteiger partial charge in [-0.1, -0.05) is 41.7 Å². The van der Waals surface area contributed by atoms with E-state index in [9.17, 15) is 4.79 Å². The lowest BCUT2D eigenvalue weighted by Gasteiger charge is -2.26. The van der Waals surface area contributed by atoms with E-state index in [2.05, 4.69) is 27.4 Å². The molecule has 0 aliphatic carbocycles. The van der Waals surface area contributed by atoms with Crippen molar-refractivity contribution in [2.75, 3.05) is 0 Å². The van der Waals surface area contributed by atoms with E-state index in [-0.39, 0.29) is 24.4 Å². The molecular formula is C25H22ClN3O3S. The Bertz CT molecular complexity index is 1220. The van der Waals surface area contributed by atoms with Gasteiger partial charge in [-0.3, -0.25) is 9.78 Å². The zero-order valence-electron chi connectivity index (χ0n) is 17.6. The predicted octanol–water partition coefficient (Wildman–Crippen LogP) is 5.75. The van der Waals surface area contributed by atoms with Crippen LogP contribution >= 0.6 is 23.7 Å². The average Bonchev–Trinajstić information content (AvgIpc) is 3.30. The first-order chi connectivity index (χ1) is 15.7. The Morgan fingerprint density at radius 3 is 2.82 bits per heavy atom. The van der Waals surface area contributed by atoms with Crippen LogP contribution in [0.5, 0.6) is 16.7 Å². The van der Waals surface area contributed by atoms with Crippen LogP contribution in [0, 0.1) is 0 Å². The number of nitrogens with one attached hydrogen (secondary N) is 1. The third-order valence-electron chi connectivity index (χ3n) is 5.23. The largest absolute Gasteiger partial charge is 0.485 e. The summed E-state index contributed by atoms with van der Waals surface area (Å²) in [6, 6.07) is 19.6. The number of amides is 1. The molecule has 0 spiro atoms. The average molecular weight is 480 g/mol. The highest BCUT2D eigenvalue weighted by Crippen LogP contribution is 2.38. The highest BCUT2D eigenvalue weighted by molar-refractivity contribution is 7.13. The molecule has 8 heteroatoms. The first kappa shape index (κ1) is 22.8. The van der Waals surface area contributed by atoms with Crippen molar-refractivity contribution in [3.05, 3.63) is 101 Å². The van der Waals surface area contributed by atoms with Crippen LogP contribution in [0.25, 0.3) is 0 Å². The van der Waals surface area contributed by atoms with Crippen molar-refractivity contribution in [1.29, 1.82) is 0 Å². The number of rotatable bonds is 6. The number of fused-ring (bicyclic) bond motifs is 1. The van der Waals surface area contributed by atoms with Crippen molar-refractivity contribution in [2.45, 2.75) is 25.5 Å². The number of benzene rings is 2. The third kappa shape index (κ3) is 5.50. The summed E-state index contributed by atoms with van der Waals surface area (Å²) in [4.78, 5) is 21.4. The highest BCUT2D eigenvalue weighted by Gasteiger charge is 2.21. The molecule has 1 unspecified atom stereocenters. The molecule has 1 amide bonds. The maximum atomic E-state index is 12.2. The van der Waals surface area contributed by atoms with E-state index >= 15 is 0 Å². The SMILES string of the molecule is Cl.O=C(NCc1cnc(Oc2ccc3c(c2)CCC(c2ccccc2)O3)s1)c1cccnc1. The number of halogens is 1. The van der Waals surface area contributed by atoms with E-state index in [1.165, 1.54) is 16.9 Å². The fourth-order valence-corrected chi connectivity index (χ4v) is 4.33. The lowest BCUT2D eigenvalue weighted by Crippen LogP contribution is -2.22. The Labute approximate surface area is 202 Å². The lowest BCUT2D eigenvalue weighted by molar-refractivity contribution is 0.0951. The Kier molecular flexibility index (Phi) is 7.22. The molecule has 6 nitrogen and oxygen atoms in total. The summed E-state index contributed by atoms with van der Waals surface area (Å²) in [5.74, 6) is 1.46. The van der Waals surface area contributed by atoms with E-state index in [4.69, 9.17) is 9.47 Å². The van der Waals surface area contributed by atoms with Crippen molar-refractivity contribution in [3.8, 4) is 16.7 Å². The van der Waals surface area contributed by atoms with E-state index in [0.29, 0.717) is 17.3 Å². The summed E-state index contributed by atoms with van der Waals surface area (Å²) in [5.41, 5.74) is 2.86. The molecule has 0 radical (unpaired) electrons.